The molecule has 0 bridgehead atoms. The Morgan fingerprint density at radius 3 is 3.10 bits per heavy atom. The van der Waals surface area contributed by atoms with Gasteiger partial charge in [-0.3, -0.25) is 5.43 Å². The molecule has 1 rings (SSSR count). The van der Waals surface area contributed by atoms with Gasteiger partial charge in [-0.05, 0) is 12.2 Å². The lowest BCUT2D eigenvalue weighted by molar-refractivity contribution is -0.129. The van der Waals surface area contributed by atoms with Gasteiger partial charge < -0.3 is 5.11 Å². The van der Waals surface area contributed by atoms with Crippen LogP contribution < -0.4 is 5.43 Å². The smallest absolute Gasteiger partial charge is 0.356 e. The molecule has 0 fully saturated rings. The van der Waals surface area contributed by atoms with Crippen LogP contribution in [0.2, 0.25) is 0 Å². The zero-order chi connectivity index (χ0) is 7.40. The molecule has 0 aromatic rings. The summed E-state index contributed by atoms with van der Waals surface area (Å²) in [6, 6.07) is 0. The summed E-state index contributed by atoms with van der Waals surface area (Å²) in [7, 11) is 0. The van der Waals surface area contributed by atoms with Gasteiger partial charge in [-0.25, -0.2) is 4.79 Å². The number of hydrogen-bond acceptors (Lipinski definition) is 3. The first kappa shape index (κ1) is 6.54. The molecule has 10 heavy (non-hydrogen) atoms. The first-order chi connectivity index (χ1) is 4.80. The van der Waals surface area contributed by atoms with Crippen LogP contribution in [0.4, 0.5) is 0 Å². The van der Waals surface area contributed by atoms with Crippen molar-refractivity contribution in [3.8, 4) is 0 Å². The molecule has 0 spiro atoms. The Hall–Kier alpha value is -1.58. The van der Waals surface area contributed by atoms with Crippen LogP contribution >= 0.6 is 0 Å². The van der Waals surface area contributed by atoms with E-state index < -0.39 is 5.97 Å². The van der Waals surface area contributed by atoms with E-state index in [1.165, 1.54) is 6.08 Å². The lowest BCUT2D eigenvalue weighted by atomic mass is 10.3. The Morgan fingerprint density at radius 2 is 2.40 bits per heavy atom. The van der Waals surface area contributed by atoms with Gasteiger partial charge >= 0.3 is 5.97 Å². The van der Waals surface area contributed by atoms with E-state index in [1.807, 2.05) is 0 Å². The van der Waals surface area contributed by atoms with Gasteiger partial charge in [0, 0.05) is 6.20 Å². The summed E-state index contributed by atoms with van der Waals surface area (Å²) in [6.07, 6.45) is 6.23. The van der Waals surface area contributed by atoms with E-state index in [0.717, 1.165) is 0 Å². The molecule has 52 valence electrons. The predicted octanol–water partition coefficient (Wildman–Crippen LogP) is 0.100. The quantitative estimate of drug-likeness (QED) is 0.540. The SMILES string of the molecule is O=C(O)C1=NNC=CC=C1. The number of nitrogens with zero attached hydrogens (tertiary/aromatic N) is 1. The van der Waals surface area contributed by atoms with Crippen LogP contribution in [0, 0.1) is 0 Å². The standard InChI is InChI=1S/C6H6N2O2/c9-6(10)5-3-1-2-4-7-8-5/h1-4,7H,(H,9,10). The van der Waals surface area contributed by atoms with Gasteiger partial charge in [-0.1, -0.05) is 6.08 Å². The molecule has 1 aliphatic heterocycles. The Labute approximate surface area is 57.6 Å². The highest BCUT2D eigenvalue weighted by Gasteiger charge is 2.03. The van der Waals surface area contributed by atoms with Gasteiger partial charge in [0.25, 0.3) is 0 Å². The third kappa shape index (κ3) is 1.45. The number of carbonyl (C=O) groups is 1. The van der Waals surface area contributed by atoms with Gasteiger partial charge in [-0.15, -0.1) is 0 Å². The molecule has 1 aliphatic rings. The number of aliphatic carboxylic acids is 1. The molecule has 4 heteroatoms. The fraction of sp³-hybridized carbons (Fsp3) is 0. The molecule has 0 unspecified atom stereocenters. The van der Waals surface area contributed by atoms with Gasteiger partial charge in [-0.2, -0.15) is 5.10 Å². The van der Waals surface area contributed by atoms with E-state index >= 15 is 0 Å². The second kappa shape index (κ2) is 2.82. The predicted molar refractivity (Wildman–Crippen MR) is 36.5 cm³/mol. The monoisotopic (exact) mass is 138 g/mol. The van der Waals surface area contributed by atoms with Crippen LogP contribution in [0.15, 0.2) is 29.5 Å². The first-order valence-corrected chi connectivity index (χ1v) is 2.70. The summed E-state index contributed by atoms with van der Waals surface area (Å²) in [6.45, 7) is 0. The number of rotatable bonds is 1. The summed E-state index contributed by atoms with van der Waals surface area (Å²) in [5.41, 5.74) is 2.45. The van der Waals surface area contributed by atoms with Crippen LogP contribution in [0.25, 0.3) is 0 Å². The normalized spacial score (nSPS) is 15.4. The van der Waals surface area contributed by atoms with Gasteiger partial charge in [0.05, 0.1) is 0 Å². The average Bonchev–Trinajstić information content (AvgIpc) is 2.12. The molecule has 2 N–H and O–H groups in total. The molecule has 0 aromatic carbocycles. The highest BCUT2D eigenvalue weighted by molar-refractivity contribution is 6.40. The van der Waals surface area contributed by atoms with Crippen molar-refractivity contribution in [1.29, 1.82) is 0 Å². The largest absolute Gasteiger partial charge is 0.476 e. The van der Waals surface area contributed by atoms with Crippen LogP contribution in [0.5, 0.6) is 0 Å². The zero-order valence-corrected chi connectivity index (χ0v) is 5.11. The highest BCUT2D eigenvalue weighted by atomic mass is 16.4. The summed E-state index contributed by atoms with van der Waals surface area (Å²) < 4.78 is 0. The van der Waals surface area contributed by atoms with Gasteiger partial charge in [0.15, 0.2) is 5.71 Å². The number of hydrogen-bond donors (Lipinski definition) is 2. The van der Waals surface area contributed by atoms with E-state index in [0.29, 0.717) is 0 Å². The highest BCUT2D eigenvalue weighted by Crippen LogP contribution is 1.87. The molecule has 0 amide bonds. The molecular weight excluding hydrogens is 132 g/mol. The molecule has 4 nitrogen and oxygen atoms in total. The lowest BCUT2D eigenvalue weighted by Crippen LogP contribution is -2.12. The number of allylic oxidation sites excluding steroid dienone is 2. The maximum atomic E-state index is 10.3. The molecule has 0 saturated heterocycles. The number of nitrogens with one attached hydrogen (secondary N) is 1. The van der Waals surface area contributed by atoms with E-state index in [9.17, 15) is 4.79 Å². The van der Waals surface area contributed by atoms with Crippen molar-refractivity contribution in [1.82, 2.24) is 5.43 Å². The van der Waals surface area contributed by atoms with Crippen molar-refractivity contribution in [2.75, 3.05) is 0 Å². The van der Waals surface area contributed by atoms with E-state index in [4.69, 9.17) is 5.11 Å². The van der Waals surface area contributed by atoms with Crippen LogP contribution in [0.3, 0.4) is 0 Å². The fourth-order valence-electron chi connectivity index (χ4n) is 0.508. The maximum absolute atomic E-state index is 10.3. The summed E-state index contributed by atoms with van der Waals surface area (Å²) in [5, 5.41) is 11.9. The molecule has 0 radical (unpaired) electrons. The van der Waals surface area contributed by atoms with Crippen LogP contribution in [-0.4, -0.2) is 16.8 Å². The first-order valence-electron chi connectivity index (χ1n) is 2.70. The Bertz CT molecular complexity index is 228. The van der Waals surface area contributed by atoms with Crippen molar-refractivity contribution in [2.24, 2.45) is 5.10 Å². The second-order valence-electron chi connectivity index (χ2n) is 1.65. The third-order valence-corrected chi connectivity index (χ3v) is 0.940. The van der Waals surface area contributed by atoms with Crippen molar-refractivity contribution in [3.05, 3.63) is 24.4 Å². The van der Waals surface area contributed by atoms with Gasteiger partial charge in [0.2, 0.25) is 0 Å². The number of carboxylic acid groups (broad SMARTS) is 1. The van der Waals surface area contributed by atoms with Crippen LogP contribution in [-0.2, 0) is 4.79 Å². The van der Waals surface area contributed by atoms with Crippen LogP contribution in [0.1, 0.15) is 0 Å². The Kier molecular flexibility index (Phi) is 1.84. The van der Waals surface area contributed by atoms with E-state index in [-0.39, 0.29) is 5.71 Å². The number of carboxylic acids is 1. The lowest BCUT2D eigenvalue weighted by Gasteiger charge is -1.89. The summed E-state index contributed by atoms with van der Waals surface area (Å²) in [5.74, 6) is -1.03. The maximum Gasteiger partial charge on any atom is 0.356 e. The average molecular weight is 138 g/mol. The minimum absolute atomic E-state index is 0.00463. The molecule has 0 saturated carbocycles. The third-order valence-electron chi connectivity index (χ3n) is 0.940. The van der Waals surface area contributed by atoms with Crippen molar-refractivity contribution < 1.29 is 9.90 Å². The van der Waals surface area contributed by atoms with Crippen molar-refractivity contribution in [2.45, 2.75) is 0 Å². The molecular formula is C6H6N2O2. The molecule has 1 heterocycles. The van der Waals surface area contributed by atoms with E-state index in [1.54, 1.807) is 18.4 Å². The molecule has 0 atom stereocenters. The van der Waals surface area contributed by atoms with Crippen molar-refractivity contribution >= 4 is 11.7 Å². The minimum Gasteiger partial charge on any atom is -0.476 e. The van der Waals surface area contributed by atoms with Gasteiger partial charge in [0.1, 0.15) is 0 Å². The Balaban J connectivity index is 2.78. The molecule has 0 aromatic heterocycles. The van der Waals surface area contributed by atoms with E-state index in [2.05, 4.69) is 10.5 Å². The zero-order valence-electron chi connectivity index (χ0n) is 5.11. The molecule has 0 aliphatic carbocycles. The Morgan fingerprint density at radius 1 is 1.60 bits per heavy atom. The number of hydrazone groups is 1. The summed E-state index contributed by atoms with van der Waals surface area (Å²) >= 11 is 0. The second-order valence-corrected chi connectivity index (χ2v) is 1.65. The topological polar surface area (TPSA) is 61.7 Å². The van der Waals surface area contributed by atoms with Crippen molar-refractivity contribution in [3.63, 3.8) is 0 Å². The fourth-order valence-corrected chi connectivity index (χ4v) is 0.508. The summed E-state index contributed by atoms with van der Waals surface area (Å²) in [4.78, 5) is 10.3. The minimum atomic E-state index is -1.03.